The molecule has 9 nitrogen and oxygen atoms in total. The number of aliphatic hydroxyl groups is 1. The first-order valence-electron chi connectivity index (χ1n) is 14.4. The molecule has 0 aromatic heterocycles. The number of carbonyl (C=O) groups is 1. The molecule has 0 atom stereocenters. The van der Waals surface area contributed by atoms with Crippen LogP contribution in [0.4, 0.5) is 19.3 Å². The van der Waals surface area contributed by atoms with Gasteiger partial charge in [0.25, 0.3) is 10.0 Å². The summed E-state index contributed by atoms with van der Waals surface area (Å²) in [4.78, 5) is 22.4. The van der Waals surface area contributed by atoms with Gasteiger partial charge in [0.1, 0.15) is 17.4 Å². The largest absolute Gasteiger partial charge is 0.395 e. The molecule has 0 aliphatic carbocycles. The summed E-state index contributed by atoms with van der Waals surface area (Å²) >= 11 is 0. The fourth-order valence-corrected chi connectivity index (χ4v) is 6.12. The summed E-state index contributed by atoms with van der Waals surface area (Å²) in [5.74, 6) is -1.13. The Morgan fingerprint density at radius 2 is 1.70 bits per heavy atom. The molecule has 1 saturated heterocycles. The first-order valence-corrected chi connectivity index (χ1v) is 15.9. The average molecular weight is 653 g/mol. The van der Waals surface area contributed by atoms with Crippen molar-refractivity contribution in [1.29, 1.82) is 0 Å². The molecule has 3 aromatic carbocycles. The smallest absolute Gasteiger partial charge is 0.322 e. The van der Waals surface area contributed by atoms with Crippen LogP contribution in [0.5, 0.6) is 5.75 Å². The van der Waals surface area contributed by atoms with Crippen molar-refractivity contribution in [3.63, 3.8) is 0 Å². The normalized spacial score (nSPS) is 14.2. The first-order chi connectivity index (χ1) is 20.7. The standard InChI is InChI=1S/C31H38F2N4O5S.ClH/c1-2-3-17-36(30-14-11-25(32)22-29(30)33)31(39)34-26-15-18-35(19-16-26)23-24-9-12-27(13-10-24)42-37(20-21-38)43(40,41)28-7-5-4-6-8-28;/h4-14,22,26,38H,2-3,15-21,23H2,1H3,(H,34,39);1H. The molecule has 0 bridgehead atoms. The van der Waals surface area contributed by atoms with Gasteiger partial charge in [0.15, 0.2) is 0 Å². The van der Waals surface area contributed by atoms with E-state index >= 15 is 0 Å². The van der Waals surface area contributed by atoms with E-state index in [0.717, 1.165) is 41.7 Å². The molecular weight excluding hydrogens is 614 g/mol. The van der Waals surface area contributed by atoms with Gasteiger partial charge >= 0.3 is 6.03 Å². The Morgan fingerprint density at radius 1 is 1.02 bits per heavy atom. The van der Waals surface area contributed by atoms with E-state index in [9.17, 15) is 27.1 Å². The second-order valence-corrected chi connectivity index (χ2v) is 12.2. The molecule has 0 saturated carbocycles. The number of sulfonamides is 1. The predicted octanol–water partition coefficient (Wildman–Crippen LogP) is 5.34. The third-order valence-corrected chi connectivity index (χ3v) is 8.89. The van der Waals surface area contributed by atoms with Crippen molar-refractivity contribution in [3.05, 3.63) is 90.0 Å². The lowest BCUT2D eigenvalue weighted by Gasteiger charge is -2.34. The van der Waals surface area contributed by atoms with E-state index in [-0.39, 0.29) is 35.6 Å². The monoisotopic (exact) mass is 652 g/mol. The van der Waals surface area contributed by atoms with Crippen molar-refractivity contribution in [2.75, 3.05) is 37.7 Å². The number of nitrogens with zero attached hydrogens (tertiary/aromatic N) is 3. The lowest BCUT2D eigenvalue weighted by molar-refractivity contribution is 0.0216. The number of urea groups is 1. The number of nitrogens with one attached hydrogen (secondary N) is 1. The van der Waals surface area contributed by atoms with Crippen LogP contribution in [-0.4, -0.2) is 67.8 Å². The number of anilines is 1. The molecule has 13 heteroatoms. The highest BCUT2D eigenvalue weighted by Gasteiger charge is 2.27. The van der Waals surface area contributed by atoms with Crippen LogP contribution in [0.25, 0.3) is 0 Å². The van der Waals surface area contributed by atoms with E-state index in [1.807, 2.05) is 19.1 Å². The van der Waals surface area contributed by atoms with Crippen molar-refractivity contribution in [2.45, 2.75) is 50.1 Å². The van der Waals surface area contributed by atoms with E-state index < -0.39 is 34.3 Å². The number of halogens is 3. The SMILES string of the molecule is CCCCN(C(=O)NC1CCN(Cc2ccc(ON(CCO)S(=O)(=O)c3ccccc3)cc2)CC1)c1ccc(F)cc1F.Cl. The minimum atomic E-state index is -3.96. The average Bonchev–Trinajstić information content (AvgIpc) is 3.00. The topological polar surface area (TPSA) is 102 Å². The molecule has 240 valence electrons. The zero-order valence-corrected chi connectivity index (χ0v) is 26.2. The fourth-order valence-electron chi connectivity index (χ4n) is 4.87. The summed E-state index contributed by atoms with van der Waals surface area (Å²) in [6.07, 6.45) is 2.95. The Labute approximate surface area is 263 Å². The van der Waals surface area contributed by atoms with Crippen LogP contribution in [0.15, 0.2) is 77.7 Å². The number of unbranched alkanes of at least 4 members (excludes halogenated alkanes) is 1. The molecular formula is C31H39ClF2N4O5S. The van der Waals surface area contributed by atoms with Crippen molar-refractivity contribution in [1.82, 2.24) is 14.7 Å². The van der Waals surface area contributed by atoms with Crippen LogP contribution in [0, 0.1) is 11.6 Å². The Hall–Kier alpha value is -3.29. The maximum Gasteiger partial charge on any atom is 0.322 e. The second kappa shape index (κ2) is 16.7. The van der Waals surface area contributed by atoms with Crippen LogP contribution in [-0.2, 0) is 16.6 Å². The summed E-state index contributed by atoms with van der Waals surface area (Å²) in [7, 11) is -3.96. The van der Waals surface area contributed by atoms with Gasteiger partial charge in [-0.2, -0.15) is 0 Å². The van der Waals surface area contributed by atoms with Crippen LogP contribution in [0.1, 0.15) is 38.2 Å². The number of carbonyl (C=O) groups excluding carboxylic acids is 1. The van der Waals surface area contributed by atoms with Crippen LogP contribution in [0.3, 0.4) is 0 Å². The molecule has 4 rings (SSSR count). The molecule has 1 aliphatic rings. The summed E-state index contributed by atoms with van der Waals surface area (Å²) in [6.45, 7) is 3.83. The van der Waals surface area contributed by atoms with Crippen molar-refractivity contribution in [3.8, 4) is 5.75 Å². The number of likely N-dealkylation sites (tertiary alicyclic amines) is 1. The fraction of sp³-hybridized carbons (Fsp3) is 0.387. The second-order valence-electron chi connectivity index (χ2n) is 10.4. The summed E-state index contributed by atoms with van der Waals surface area (Å²) < 4.78 is 54.6. The minimum absolute atomic E-state index is 0. The van der Waals surface area contributed by atoms with Crippen molar-refractivity contribution >= 4 is 34.1 Å². The van der Waals surface area contributed by atoms with E-state index in [0.29, 0.717) is 38.1 Å². The third-order valence-electron chi connectivity index (χ3n) is 7.22. The summed E-state index contributed by atoms with van der Waals surface area (Å²) in [6, 6.07) is 17.8. The Balaban J connectivity index is 0.00000529. The minimum Gasteiger partial charge on any atom is -0.395 e. The van der Waals surface area contributed by atoms with Crippen molar-refractivity contribution in [2.24, 2.45) is 0 Å². The van der Waals surface area contributed by atoms with E-state index in [4.69, 9.17) is 4.84 Å². The number of hydrogen-bond donors (Lipinski definition) is 2. The maximum atomic E-state index is 14.5. The van der Waals surface area contributed by atoms with E-state index in [1.165, 1.54) is 23.1 Å². The van der Waals surface area contributed by atoms with Gasteiger partial charge in [-0.3, -0.25) is 9.80 Å². The zero-order valence-electron chi connectivity index (χ0n) is 24.6. The number of piperidine rings is 1. The first kappa shape index (κ1) is 35.2. The molecule has 2 amide bonds. The Bertz CT molecular complexity index is 1440. The molecule has 3 aromatic rings. The van der Waals surface area contributed by atoms with Gasteiger partial charge in [0, 0.05) is 38.3 Å². The number of benzene rings is 3. The molecule has 1 fully saturated rings. The molecule has 1 aliphatic heterocycles. The highest BCUT2D eigenvalue weighted by atomic mass is 35.5. The quantitative estimate of drug-likeness (QED) is 0.242. The third kappa shape index (κ3) is 9.35. The van der Waals surface area contributed by atoms with Crippen LogP contribution < -0.4 is 15.1 Å². The number of hydrogen-bond acceptors (Lipinski definition) is 6. The number of aliphatic hydroxyl groups excluding tert-OH is 1. The van der Waals surface area contributed by atoms with Crippen LogP contribution >= 0.6 is 12.4 Å². The lowest BCUT2D eigenvalue weighted by Crippen LogP contribution is -2.49. The van der Waals surface area contributed by atoms with Gasteiger partial charge in [-0.15, -0.1) is 12.4 Å². The van der Waals surface area contributed by atoms with E-state index in [1.54, 1.807) is 30.3 Å². The predicted molar refractivity (Wildman–Crippen MR) is 167 cm³/mol. The van der Waals surface area contributed by atoms with Crippen LogP contribution in [0.2, 0.25) is 0 Å². The number of hydroxylamine groups is 1. The van der Waals surface area contributed by atoms with Gasteiger partial charge in [-0.1, -0.05) is 43.7 Å². The van der Waals surface area contributed by atoms with Gasteiger partial charge < -0.3 is 15.3 Å². The number of amides is 2. The lowest BCUT2D eigenvalue weighted by atomic mass is 10.0. The highest BCUT2D eigenvalue weighted by Crippen LogP contribution is 2.23. The maximum absolute atomic E-state index is 14.5. The van der Waals surface area contributed by atoms with Gasteiger partial charge in [-0.25, -0.2) is 22.0 Å². The Kier molecular flexibility index (Phi) is 13.3. The number of rotatable bonds is 13. The molecule has 0 spiro atoms. The molecule has 44 heavy (non-hydrogen) atoms. The molecule has 1 heterocycles. The highest BCUT2D eigenvalue weighted by molar-refractivity contribution is 7.89. The molecule has 0 unspecified atom stereocenters. The molecule has 0 radical (unpaired) electrons. The van der Waals surface area contributed by atoms with Gasteiger partial charge in [0.2, 0.25) is 0 Å². The summed E-state index contributed by atoms with van der Waals surface area (Å²) in [5, 5.41) is 12.4. The van der Waals surface area contributed by atoms with Crippen molar-refractivity contribution < 1.29 is 31.9 Å². The zero-order chi connectivity index (χ0) is 30.8. The Morgan fingerprint density at radius 3 is 2.32 bits per heavy atom. The summed E-state index contributed by atoms with van der Waals surface area (Å²) in [5.41, 5.74) is 1.07. The molecule has 2 N–H and O–H groups in total. The van der Waals surface area contributed by atoms with Gasteiger partial charge in [-0.05, 0) is 65.7 Å². The van der Waals surface area contributed by atoms with E-state index in [2.05, 4.69) is 10.2 Å². The van der Waals surface area contributed by atoms with Gasteiger partial charge in [0.05, 0.1) is 23.7 Å².